The van der Waals surface area contributed by atoms with E-state index in [1.807, 2.05) is 49.4 Å². The predicted octanol–water partition coefficient (Wildman–Crippen LogP) is 4.44. The highest BCUT2D eigenvalue weighted by Crippen LogP contribution is 2.29. The molecule has 0 aliphatic rings. The van der Waals surface area contributed by atoms with E-state index in [9.17, 15) is 9.59 Å². The fourth-order valence-corrected chi connectivity index (χ4v) is 3.26. The second kappa shape index (κ2) is 8.21. The van der Waals surface area contributed by atoms with Gasteiger partial charge in [-0.05, 0) is 55.8 Å². The smallest absolute Gasteiger partial charge is 0.261 e. The highest BCUT2D eigenvalue weighted by molar-refractivity contribution is 5.92. The van der Waals surface area contributed by atoms with Crippen molar-refractivity contribution < 1.29 is 9.53 Å². The van der Waals surface area contributed by atoms with Crippen molar-refractivity contribution in [3.63, 3.8) is 0 Å². The van der Waals surface area contributed by atoms with Crippen molar-refractivity contribution >= 4 is 22.5 Å². The molecule has 0 fully saturated rings. The van der Waals surface area contributed by atoms with E-state index in [-0.39, 0.29) is 18.0 Å². The molecule has 1 N–H and O–H groups in total. The van der Waals surface area contributed by atoms with Crippen LogP contribution in [0, 0.1) is 13.8 Å². The van der Waals surface area contributed by atoms with Gasteiger partial charge in [-0.1, -0.05) is 36.4 Å². The van der Waals surface area contributed by atoms with Crippen molar-refractivity contribution in [2.45, 2.75) is 20.4 Å². The number of carbonyl (C=O) groups is 1. The van der Waals surface area contributed by atoms with Crippen LogP contribution in [-0.2, 0) is 11.3 Å². The van der Waals surface area contributed by atoms with Gasteiger partial charge in [-0.25, -0.2) is 4.98 Å². The fourth-order valence-electron chi connectivity index (χ4n) is 3.26. The molecule has 0 aliphatic carbocycles. The Hall–Kier alpha value is -3.93. The lowest BCUT2D eigenvalue weighted by atomic mass is 10.2. The zero-order valence-corrected chi connectivity index (χ0v) is 16.8. The molecule has 30 heavy (non-hydrogen) atoms. The zero-order valence-electron chi connectivity index (χ0n) is 16.8. The fraction of sp³-hybridized carbons (Fsp3) is 0.125. The van der Waals surface area contributed by atoms with Crippen molar-refractivity contribution in [3.8, 4) is 11.5 Å². The first-order chi connectivity index (χ1) is 14.5. The maximum absolute atomic E-state index is 12.8. The van der Waals surface area contributed by atoms with E-state index in [1.54, 1.807) is 37.3 Å². The highest BCUT2D eigenvalue weighted by Gasteiger charge is 2.13. The standard InChI is InChI=1S/C24H21N3O3/c1-16-8-7-9-18(14-16)30-22-13-6-5-12-21(22)26-23(28)15-27-17(2)25-20-11-4-3-10-19(20)24(27)29/h3-14H,15H2,1-2H3,(H,26,28). The van der Waals surface area contributed by atoms with Gasteiger partial charge in [0.2, 0.25) is 5.91 Å². The van der Waals surface area contributed by atoms with Crippen LogP contribution in [0.3, 0.4) is 0 Å². The SMILES string of the molecule is Cc1cccc(Oc2ccccc2NC(=O)Cn2c(C)nc3ccccc3c2=O)c1. The van der Waals surface area contributed by atoms with E-state index in [0.717, 1.165) is 5.56 Å². The number of rotatable bonds is 5. The number of para-hydroxylation sites is 3. The molecule has 0 radical (unpaired) electrons. The van der Waals surface area contributed by atoms with Crippen LogP contribution in [0.15, 0.2) is 77.6 Å². The predicted molar refractivity (Wildman–Crippen MR) is 117 cm³/mol. The minimum absolute atomic E-state index is 0.138. The Morgan fingerprint density at radius 1 is 1.00 bits per heavy atom. The van der Waals surface area contributed by atoms with Crippen LogP contribution in [0.5, 0.6) is 11.5 Å². The third kappa shape index (κ3) is 4.07. The van der Waals surface area contributed by atoms with Crippen molar-refractivity contribution in [1.29, 1.82) is 0 Å². The minimum atomic E-state index is -0.336. The lowest BCUT2D eigenvalue weighted by Gasteiger charge is -2.14. The molecule has 1 aromatic heterocycles. The molecule has 4 aromatic rings. The topological polar surface area (TPSA) is 73.2 Å². The molecule has 1 amide bonds. The molecule has 6 heteroatoms. The van der Waals surface area contributed by atoms with E-state index >= 15 is 0 Å². The molecular formula is C24H21N3O3. The van der Waals surface area contributed by atoms with Crippen molar-refractivity contribution in [2.75, 3.05) is 5.32 Å². The Morgan fingerprint density at radius 3 is 2.60 bits per heavy atom. The van der Waals surface area contributed by atoms with E-state index in [2.05, 4.69) is 10.3 Å². The van der Waals surface area contributed by atoms with Crippen LogP contribution in [0.4, 0.5) is 5.69 Å². The summed E-state index contributed by atoms with van der Waals surface area (Å²) < 4.78 is 7.33. The summed E-state index contributed by atoms with van der Waals surface area (Å²) in [7, 11) is 0. The Morgan fingerprint density at radius 2 is 1.77 bits per heavy atom. The van der Waals surface area contributed by atoms with Crippen molar-refractivity contribution in [3.05, 3.63) is 94.5 Å². The van der Waals surface area contributed by atoms with Gasteiger partial charge < -0.3 is 10.1 Å². The first-order valence-electron chi connectivity index (χ1n) is 9.61. The normalized spacial score (nSPS) is 10.7. The molecule has 0 saturated carbocycles. The number of hydrogen-bond acceptors (Lipinski definition) is 4. The highest BCUT2D eigenvalue weighted by atomic mass is 16.5. The van der Waals surface area contributed by atoms with Crippen LogP contribution >= 0.6 is 0 Å². The number of fused-ring (bicyclic) bond motifs is 1. The summed E-state index contributed by atoms with van der Waals surface area (Å²) in [5.74, 6) is 1.36. The van der Waals surface area contributed by atoms with Gasteiger partial charge >= 0.3 is 0 Å². The number of aromatic nitrogens is 2. The first-order valence-corrected chi connectivity index (χ1v) is 9.61. The second-order valence-electron chi connectivity index (χ2n) is 7.03. The summed E-state index contributed by atoms with van der Waals surface area (Å²) >= 11 is 0. The summed E-state index contributed by atoms with van der Waals surface area (Å²) in [6.45, 7) is 3.56. The summed E-state index contributed by atoms with van der Waals surface area (Å²) in [5.41, 5.74) is 1.99. The number of carbonyl (C=O) groups excluding carboxylic acids is 1. The van der Waals surface area contributed by atoms with Gasteiger partial charge in [0.1, 0.15) is 18.1 Å². The van der Waals surface area contributed by atoms with E-state index in [0.29, 0.717) is 33.9 Å². The molecular weight excluding hydrogens is 378 g/mol. The number of nitrogens with zero attached hydrogens (tertiary/aromatic N) is 2. The largest absolute Gasteiger partial charge is 0.455 e. The van der Waals surface area contributed by atoms with Gasteiger partial charge in [0, 0.05) is 0 Å². The average molecular weight is 399 g/mol. The molecule has 6 nitrogen and oxygen atoms in total. The summed E-state index contributed by atoms with van der Waals surface area (Å²) in [5, 5.41) is 3.33. The number of anilines is 1. The number of nitrogens with one attached hydrogen (secondary N) is 1. The minimum Gasteiger partial charge on any atom is -0.455 e. The third-order valence-electron chi connectivity index (χ3n) is 4.73. The Bertz CT molecular complexity index is 1290. The number of amides is 1. The average Bonchev–Trinajstić information content (AvgIpc) is 2.73. The van der Waals surface area contributed by atoms with E-state index in [1.165, 1.54) is 4.57 Å². The summed E-state index contributed by atoms with van der Waals surface area (Å²) in [6.07, 6.45) is 0. The van der Waals surface area contributed by atoms with Crippen LogP contribution in [-0.4, -0.2) is 15.5 Å². The molecule has 0 spiro atoms. The number of benzene rings is 3. The zero-order chi connectivity index (χ0) is 21.1. The van der Waals surface area contributed by atoms with Crippen molar-refractivity contribution in [1.82, 2.24) is 9.55 Å². The third-order valence-corrected chi connectivity index (χ3v) is 4.73. The van der Waals surface area contributed by atoms with Crippen LogP contribution in [0.25, 0.3) is 10.9 Å². The van der Waals surface area contributed by atoms with Crippen LogP contribution < -0.4 is 15.6 Å². The molecule has 0 saturated heterocycles. The summed E-state index contributed by atoms with van der Waals surface area (Å²) in [4.78, 5) is 30.0. The molecule has 4 rings (SSSR count). The quantitative estimate of drug-likeness (QED) is 0.538. The maximum atomic E-state index is 12.8. The monoisotopic (exact) mass is 399 g/mol. The number of ether oxygens (including phenoxy) is 1. The summed E-state index contributed by atoms with van der Waals surface area (Å²) in [6, 6.07) is 22.0. The van der Waals surface area contributed by atoms with Gasteiger partial charge in [-0.3, -0.25) is 14.2 Å². The van der Waals surface area contributed by atoms with Gasteiger partial charge in [-0.2, -0.15) is 0 Å². The lowest BCUT2D eigenvalue weighted by molar-refractivity contribution is -0.116. The number of hydrogen-bond donors (Lipinski definition) is 1. The Kier molecular flexibility index (Phi) is 5.30. The van der Waals surface area contributed by atoms with Gasteiger partial charge in [0.15, 0.2) is 5.75 Å². The van der Waals surface area contributed by atoms with Gasteiger partial charge in [0.05, 0.1) is 16.6 Å². The van der Waals surface area contributed by atoms with Crippen LogP contribution in [0.2, 0.25) is 0 Å². The lowest BCUT2D eigenvalue weighted by Crippen LogP contribution is -2.30. The maximum Gasteiger partial charge on any atom is 0.261 e. The first kappa shape index (κ1) is 19.4. The molecule has 150 valence electrons. The molecule has 1 heterocycles. The van der Waals surface area contributed by atoms with Gasteiger partial charge in [0.25, 0.3) is 5.56 Å². The van der Waals surface area contributed by atoms with Crippen LogP contribution in [0.1, 0.15) is 11.4 Å². The molecule has 0 unspecified atom stereocenters. The molecule has 0 bridgehead atoms. The Labute approximate surface area is 173 Å². The number of aryl methyl sites for hydroxylation is 2. The Balaban J connectivity index is 1.57. The van der Waals surface area contributed by atoms with E-state index in [4.69, 9.17) is 4.74 Å². The van der Waals surface area contributed by atoms with E-state index < -0.39 is 0 Å². The molecule has 0 aliphatic heterocycles. The second-order valence-corrected chi connectivity index (χ2v) is 7.03. The molecule has 3 aromatic carbocycles. The van der Waals surface area contributed by atoms with Crippen molar-refractivity contribution in [2.24, 2.45) is 0 Å². The van der Waals surface area contributed by atoms with Gasteiger partial charge in [-0.15, -0.1) is 0 Å². The molecule has 0 atom stereocenters.